The van der Waals surface area contributed by atoms with Gasteiger partial charge in [0.2, 0.25) is 11.8 Å². The van der Waals surface area contributed by atoms with Crippen LogP contribution in [0.4, 0.5) is 0 Å². The Hall–Kier alpha value is -0.870. The fourth-order valence-electron chi connectivity index (χ4n) is 1.28. The van der Waals surface area contributed by atoms with E-state index in [1.54, 1.807) is 0 Å². The van der Waals surface area contributed by atoms with E-state index in [0.717, 1.165) is 15.6 Å². The summed E-state index contributed by atoms with van der Waals surface area (Å²) in [6.45, 7) is 2.01. The zero-order valence-corrected chi connectivity index (χ0v) is 10.3. The van der Waals surface area contributed by atoms with Gasteiger partial charge in [-0.05, 0) is 30.7 Å². The largest absolute Gasteiger partial charge is 0.419 e. The molecule has 0 radical (unpaired) electrons. The fourth-order valence-corrected chi connectivity index (χ4v) is 2.00. The van der Waals surface area contributed by atoms with Crippen molar-refractivity contribution in [2.24, 2.45) is 0 Å². The van der Waals surface area contributed by atoms with E-state index in [9.17, 15) is 0 Å². The van der Waals surface area contributed by atoms with Crippen molar-refractivity contribution in [2.45, 2.75) is 12.8 Å². The molecule has 0 spiro atoms. The lowest BCUT2D eigenvalue weighted by molar-refractivity contribution is 0.527. The monoisotopic (exact) mass is 286 g/mol. The SMILES string of the molecule is Cc1cc(Br)cc(-c2nnc(CCl)o2)c1. The summed E-state index contributed by atoms with van der Waals surface area (Å²) in [7, 11) is 0. The van der Waals surface area contributed by atoms with Crippen LogP contribution >= 0.6 is 27.5 Å². The third-order valence-electron chi connectivity index (χ3n) is 1.87. The number of halogens is 2. The van der Waals surface area contributed by atoms with Crippen LogP contribution < -0.4 is 0 Å². The first-order valence-corrected chi connectivity index (χ1v) is 5.67. The molecule has 0 atom stereocenters. The van der Waals surface area contributed by atoms with E-state index in [-0.39, 0.29) is 5.88 Å². The summed E-state index contributed by atoms with van der Waals surface area (Å²) >= 11 is 9.00. The first kappa shape index (κ1) is 10.6. The van der Waals surface area contributed by atoms with E-state index in [2.05, 4.69) is 26.1 Å². The van der Waals surface area contributed by atoms with E-state index in [4.69, 9.17) is 16.0 Å². The highest BCUT2D eigenvalue weighted by Crippen LogP contribution is 2.24. The Labute approximate surface area is 101 Å². The Morgan fingerprint density at radius 1 is 1.33 bits per heavy atom. The van der Waals surface area contributed by atoms with Crippen LogP contribution in [0.5, 0.6) is 0 Å². The second-order valence-corrected chi connectivity index (χ2v) is 4.33. The molecule has 0 unspecified atom stereocenters. The molecule has 1 aromatic carbocycles. The maximum Gasteiger partial charge on any atom is 0.247 e. The van der Waals surface area contributed by atoms with Crippen molar-refractivity contribution in [3.8, 4) is 11.5 Å². The molecule has 0 aliphatic rings. The van der Waals surface area contributed by atoms with Crippen molar-refractivity contribution in [1.29, 1.82) is 0 Å². The van der Waals surface area contributed by atoms with Crippen molar-refractivity contribution >= 4 is 27.5 Å². The Bertz CT molecular complexity index is 464. The van der Waals surface area contributed by atoms with Gasteiger partial charge in [0, 0.05) is 10.0 Å². The van der Waals surface area contributed by atoms with Crippen molar-refractivity contribution in [1.82, 2.24) is 10.2 Å². The first-order chi connectivity index (χ1) is 7.19. The van der Waals surface area contributed by atoms with E-state index < -0.39 is 0 Å². The van der Waals surface area contributed by atoms with Crippen LogP contribution in [0, 0.1) is 6.92 Å². The minimum absolute atomic E-state index is 0.236. The van der Waals surface area contributed by atoms with Crippen LogP contribution in [0.1, 0.15) is 11.5 Å². The van der Waals surface area contributed by atoms with Crippen LogP contribution in [0.3, 0.4) is 0 Å². The topological polar surface area (TPSA) is 38.9 Å². The van der Waals surface area contributed by atoms with Crippen molar-refractivity contribution in [3.63, 3.8) is 0 Å². The average molecular weight is 288 g/mol. The number of benzene rings is 1. The number of hydrogen-bond donors (Lipinski definition) is 0. The molecule has 0 aliphatic carbocycles. The van der Waals surface area contributed by atoms with Crippen LogP contribution in [0.15, 0.2) is 27.1 Å². The van der Waals surface area contributed by atoms with Gasteiger partial charge < -0.3 is 4.42 Å². The maximum absolute atomic E-state index is 5.58. The summed E-state index contributed by atoms with van der Waals surface area (Å²) < 4.78 is 6.34. The van der Waals surface area contributed by atoms with Crippen molar-refractivity contribution in [3.05, 3.63) is 34.1 Å². The molecule has 0 amide bonds. The third-order valence-corrected chi connectivity index (χ3v) is 2.56. The van der Waals surface area contributed by atoms with Gasteiger partial charge in [-0.1, -0.05) is 15.9 Å². The Balaban J connectivity index is 2.44. The van der Waals surface area contributed by atoms with Gasteiger partial charge in [0.15, 0.2) is 0 Å². The summed E-state index contributed by atoms with van der Waals surface area (Å²) in [4.78, 5) is 0. The standard InChI is InChI=1S/C10H8BrClN2O/c1-6-2-7(4-8(11)3-6)10-14-13-9(5-12)15-10/h2-4H,5H2,1H3. The quantitative estimate of drug-likeness (QED) is 0.793. The number of alkyl halides is 1. The molecule has 0 fully saturated rings. The maximum atomic E-state index is 5.58. The molecule has 78 valence electrons. The lowest BCUT2D eigenvalue weighted by atomic mass is 10.1. The van der Waals surface area contributed by atoms with Gasteiger partial charge in [-0.25, -0.2) is 0 Å². The van der Waals surface area contributed by atoms with Crippen molar-refractivity contribution in [2.75, 3.05) is 0 Å². The number of aromatic nitrogens is 2. The highest BCUT2D eigenvalue weighted by molar-refractivity contribution is 9.10. The van der Waals surface area contributed by atoms with Crippen molar-refractivity contribution < 1.29 is 4.42 Å². The zero-order valence-electron chi connectivity index (χ0n) is 8.00. The molecule has 2 aromatic rings. The van der Waals surface area contributed by atoms with E-state index in [0.29, 0.717) is 11.8 Å². The summed E-state index contributed by atoms with van der Waals surface area (Å²) in [6, 6.07) is 5.93. The first-order valence-electron chi connectivity index (χ1n) is 4.35. The predicted molar refractivity (Wildman–Crippen MR) is 61.7 cm³/mol. The summed E-state index contributed by atoms with van der Waals surface area (Å²) in [5.41, 5.74) is 2.02. The van der Waals surface area contributed by atoms with Gasteiger partial charge in [0.25, 0.3) is 0 Å². The predicted octanol–water partition coefficient (Wildman–Crippen LogP) is 3.55. The van der Waals surface area contributed by atoms with E-state index in [1.807, 2.05) is 25.1 Å². The third kappa shape index (κ3) is 2.38. The van der Waals surface area contributed by atoms with Crippen LogP contribution in [-0.2, 0) is 5.88 Å². The number of aryl methyl sites for hydroxylation is 1. The number of nitrogens with zero attached hydrogens (tertiary/aromatic N) is 2. The normalized spacial score (nSPS) is 10.6. The molecular formula is C10H8BrClN2O. The van der Waals surface area contributed by atoms with Gasteiger partial charge >= 0.3 is 0 Å². The van der Waals surface area contributed by atoms with Crippen LogP contribution in [0.2, 0.25) is 0 Å². The highest BCUT2D eigenvalue weighted by atomic mass is 79.9. The van der Waals surface area contributed by atoms with Gasteiger partial charge in [-0.15, -0.1) is 21.8 Å². The molecule has 3 nitrogen and oxygen atoms in total. The van der Waals surface area contributed by atoms with E-state index >= 15 is 0 Å². The lowest BCUT2D eigenvalue weighted by Crippen LogP contribution is -1.80. The second kappa shape index (κ2) is 4.33. The second-order valence-electron chi connectivity index (χ2n) is 3.15. The molecule has 1 heterocycles. The van der Waals surface area contributed by atoms with Gasteiger partial charge in [0.1, 0.15) is 5.88 Å². The number of rotatable bonds is 2. The van der Waals surface area contributed by atoms with E-state index in [1.165, 1.54) is 0 Å². The molecule has 0 bridgehead atoms. The highest BCUT2D eigenvalue weighted by Gasteiger charge is 2.08. The molecule has 0 aliphatic heterocycles. The van der Waals surface area contributed by atoms with Crippen LogP contribution in [0.25, 0.3) is 11.5 Å². The molecule has 5 heteroatoms. The minimum atomic E-state index is 0.236. The fraction of sp³-hybridized carbons (Fsp3) is 0.200. The van der Waals surface area contributed by atoms with Gasteiger partial charge in [-0.3, -0.25) is 0 Å². The van der Waals surface area contributed by atoms with Crippen LogP contribution in [-0.4, -0.2) is 10.2 Å². The summed E-state index contributed by atoms with van der Waals surface area (Å²) in [5.74, 6) is 1.17. The Morgan fingerprint density at radius 3 is 2.73 bits per heavy atom. The smallest absolute Gasteiger partial charge is 0.247 e. The minimum Gasteiger partial charge on any atom is -0.419 e. The molecule has 15 heavy (non-hydrogen) atoms. The molecule has 0 saturated heterocycles. The summed E-state index contributed by atoms with van der Waals surface area (Å²) in [5, 5.41) is 7.72. The Kier molecular flexibility index (Phi) is 3.07. The molecular weight excluding hydrogens is 279 g/mol. The molecule has 0 saturated carbocycles. The lowest BCUT2D eigenvalue weighted by Gasteiger charge is -1.98. The Morgan fingerprint density at radius 2 is 2.13 bits per heavy atom. The summed E-state index contributed by atoms with van der Waals surface area (Å²) in [6.07, 6.45) is 0. The van der Waals surface area contributed by atoms with Gasteiger partial charge in [0.05, 0.1) is 0 Å². The zero-order chi connectivity index (χ0) is 10.8. The molecule has 0 N–H and O–H groups in total. The van der Waals surface area contributed by atoms with Gasteiger partial charge in [-0.2, -0.15) is 0 Å². The molecule has 1 aromatic heterocycles. The average Bonchev–Trinajstić information content (AvgIpc) is 2.64. The number of hydrogen-bond acceptors (Lipinski definition) is 3. The molecule has 2 rings (SSSR count).